The van der Waals surface area contributed by atoms with Crippen LogP contribution < -0.4 is 4.72 Å². The number of rotatable bonds is 6. The lowest BCUT2D eigenvalue weighted by Crippen LogP contribution is -2.52. The molecule has 2 aliphatic heterocycles. The third-order valence-corrected chi connectivity index (χ3v) is 6.95. The summed E-state index contributed by atoms with van der Waals surface area (Å²) in [5.41, 5.74) is 0. The van der Waals surface area contributed by atoms with E-state index in [1.54, 1.807) is 0 Å². The molecule has 3 atom stereocenters. The summed E-state index contributed by atoms with van der Waals surface area (Å²) in [6, 6.07) is 4.09. The second-order valence-corrected chi connectivity index (χ2v) is 9.34. The van der Waals surface area contributed by atoms with Gasteiger partial charge in [-0.1, -0.05) is 6.07 Å². The normalized spacial score (nSPS) is 26.4. The number of amides is 1. The van der Waals surface area contributed by atoms with Crippen LogP contribution >= 0.6 is 0 Å². The lowest BCUT2D eigenvalue weighted by Gasteiger charge is -2.37. The molecule has 0 bridgehead atoms. The predicted molar refractivity (Wildman–Crippen MR) is 104 cm³/mol. The SMILES string of the molecule is CN1CCN(C(=O)C[C@@H]2CC[C@@H](NS(=O)(=O)c3cccc(F)c3)[C@@H](CO)O2)CC1. The van der Waals surface area contributed by atoms with Crippen LogP contribution in [0, 0.1) is 5.82 Å². The first-order chi connectivity index (χ1) is 13.8. The van der Waals surface area contributed by atoms with Gasteiger partial charge in [0.2, 0.25) is 15.9 Å². The fourth-order valence-electron chi connectivity index (χ4n) is 3.70. The molecule has 0 saturated carbocycles. The van der Waals surface area contributed by atoms with Crippen LogP contribution in [0.3, 0.4) is 0 Å². The Morgan fingerprint density at radius 1 is 1.28 bits per heavy atom. The number of aliphatic hydroxyl groups excluding tert-OH is 1. The van der Waals surface area contributed by atoms with Crippen molar-refractivity contribution < 1.29 is 27.4 Å². The van der Waals surface area contributed by atoms with Crippen molar-refractivity contribution in [3.8, 4) is 0 Å². The molecule has 1 aromatic rings. The first-order valence-corrected chi connectivity index (χ1v) is 11.3. The van der Waals surface area contributed by atoms with Crippen LogP contribution in [0.2, 0.25) is 0 Å². The van der Waals surface area contributed by atoms with Gasteiger partial charge in [0.25, 0.3) is 0 Å². The lowest BCUT2D eigenvalue weighted by atomic mass is 9.97. The van der Waals surface area contributed by atoms with E-state index in [9.17, 15) is 22.7 Å². The third-order valence-electron chi connectivity index (χ3n) is 5.47. The predicted octanol–water partition coefficient (Wildman–Crippen LogP) is 0.177. The summed E-state index contributed by atoms with van der Waals surface area (Å²) >= 11 is 0. The molecule has 29 heavy (non-hydrogen) atoms. The van der Waals surface area contributed by atoms with Crippen LogP contribution in [-0.2, 0) is 19.6 Å². The number of carbonyl (C=O) groups is 1. The highest BCUT2D eigenvalue weighted by atomic mass is 32.2. The monoisotopic (exact) mass is 429 g/mol. The highest BCUT2D eigenvalue weighted by molar-refractivity contribution is 7.89. The molecule has 0 radical (unpaired) electrons. The summed E-state index contributed by atoms with van der Waals surface area (Å²) in [6.45, 7) is 2.65. The second-order valence-electron chi connectivity index (χ2n) is 7.63. The maximum absolute atomic E-state index is 13.4. The Kier molecular flexibility index (Phi) is 7.23. The molecular weight excluding hydrogens is 401 g/mol. The summed E-state index contributed by atoms with van der Waals surface area (Å²) in [7, 11) is -1.93. The van der Waals surface area contributed by atoms with Gasteiger partial charge in [-0.15, -0.1) is 0 Å². The molecule has 162 valence electrons. The largest absolute Gasteiger partial charge is 0.394 e. The molecule has 1 aromatic carbocycles. The number of likely N-dealkylation sites (N-methyl/N-ethyl adjacent to an activating group) is 1. The van der Waals surface area contributed by atoms with Crippen LogP contribution in [0.5, 0.6) is 0 Å². The van der Waals surface area contributed by atoms with Gasteiger partial charge in [0.05, 0.1) is 36.2 Å². The fraction of sp³-hybridized carbons (Fsp3) is 0.632. The van der Waals surface area contributed by atoms with Gasteiger partial charge >= 0.3 is 0 Å². The lowest BCUT2D eigenvalue weighted by molar-refractivity contribution is -0.141. The van der Waals surface area contributed by atoms with E-state index in [-0.39, 0.29) is 29.9 Å². The zero-order valence-corrected chi connectivity index (χ0v) is 17.3. The van der Waals surface area contributed by atoms with Crippen molar-refractivity contribution in [1.29, 1.82) is 0 Å². The molecule has 0 unspecified atom stereocenters. The molecule has 1 amide bonds. The number of benzene rings is 1. The number of halogens is 1. The number of ether oxygens (including phenoxy) is 1. The Morgan fingerprint density at radius 3 is 2.66 bits per heavy atom. The number of aliphatic hydroxyl groups is 1. The molecule has 2 fully saturated rings. The minimum atomic E-state index is -3.95. The van der Waals surface area contributed by atoms with Gasteiger partial charge in [-0.2, -0.15) is 0 Å². The Labute approximate surface area is 170 Å². The molecule has 0 spiro atoms. The van der Waals surface area contributed by atoms with Gasteiger partial charge in [-0.25, -0.2) is 17.5 Å². The average molecular weight is 430 g/mol. The number of piperazine rings is 1. The van der Waals surface area contributed by atoms with Crippen molar-refractivity contribution >= 4 is 15.9 Å². The number of carbonyl (C=O) groups excluding carboxylic acids is 1. The summed E-state index contributed by atoms with van der Waals surface area (Å²) in [5, 5.41) is 9.68. The first-order valence-electron chi connectivity index (χ1n) is 9.79. The van der Waals surface area contributed by atoms with E-state index in [2.05, 4.69) is 9.62 Å². The average Bonchev–Trinajstić information content (AvgIpc) is 2.69. The molecule has 10 heteroatoms. The minimum Gasteiger partial charge on any atom is -0.394 e. The van der Waals surface area contributed by atoms with Crippen molar-refractivity contribution in [2.45, 2.75) is 42.4 Å². The Hall–Kier alpha value is -1.59. The Morgan fingerprint density at radius 2 is 2.00 bits per heavy atom. The number of sulfonamides is 1. The molecule has 3 rings (SSSR count). The van der Waals surface area contributed by atoms with Gasteiger partial charge in [0, 0.05) is 26.2 Å². The topological polar surface area (TPSA) is 99.2 Å². The molecule has 2 N–H and O–H groups in total. The van der Waals surface area contributed by atoms with E-state index in [1.807, 2.05) is 11.9 Å². The maximum atomic E-state index is 13.4. The molecule has 2 saturated heterocycles. The van der Waals surface area contributed by atoms with Crippen molar-refractivity contribution in [2.24, 2.45) is 0 Å². The van der Waals surface area contributed by atoms with E-state index in [0.29, 0.717) is 25.9 Å². The quantitative estimate of drug-likeness (QED) is 0.669. The third kappa shape index (κ3) is 5.73. The Bertz CT molecular complexity index is 814. The van der Waals surface area contributed by atoms with Crippen molar-refractivity contribution in [3.05, 3.63) is 30.1 Å². The van der Waals surface area contributed by atoms with E-state index in [0.717, 1.165) is 19.2 Å². The second kappa shape index (κ2) is 9.48. The summed E-state index contributed by atoms with van der Waals surface area (Å²) in [6.07, 6.45) is -0.0114. The van der Waals surface area contributed by atoms with Gasteiger partial charge in [0.1, 0.15) is 5.82 Å². The molecular formula is C19H28FN3O5S. The van der Waals surface area contributed by atoms with E-state index >= 15 is 0 Å². The van der Waals surface area contributed by atoms with E-state index in [1.165, 1.54) is 18.2 Å². The van der Waals surface area contributed by atoms with Crippen LogP contribution in [0.4, 0.5) is 4.39 Å². The van der Waals surface area contributed by atoms with Gasteiger partial charge in [0.15, 0.2) is 0 Å². The highest BCUT2D eigenvalue weighted by Crippen LogP contribution is 2.24. The van der Waals surface area contributed by atoms with Crippen molar-refractivity contribution in [1.82, 2.24) is 14.5 Å². The molecule has 2 aliphatic rings. The zero-order valence-electron chi connectivity index (χ0n) is 16.5. The summed E-state index contributed by atoms with van der Waals surface area (Å²) < 4.78 is 46.8. The number of hydrogen-bond donors (Lipinski definition) is 2. The summed E-state index contributed by atoms with van der Waals surface area (Å²) in [5.74, 6) is -0.632. The number of hydrogen-bond acceptors (Lipinski definition) is 6. The Balaban J connectivity index is 1.57. The molecule has 2 heterocycles. The fourth-order valence-corrected chi connectivity index (χ4v) is 5.03. The van der Waals surface area contributed by atoms with Crippen LogP contribution in [0.1, 0.15) is 19.3 Å². The molecule has 0 aliphatic carbocycles. The summed E-state index contributed by atoms with van der Waals surface area (Å²) in [4.78, 5) is 16.3. The van der Waals surface area contributed by atoms with Gasteiger partial charge in [-0.3, -0.25) is 4.79 Å². The van der Waals surface area contributed by atoms with E-state index < -0.39 is 28.0 Å². The van der Waals surface area contributed by atoms with Gasteiger partial charge < -0.3 is 19.6 Å². The highest BCUT2D eigenvalue weighted by Gasteiger charge is 2.35. The van der Waals surface area contributed by atoms with Crippen molar-refractivity contribution in [2.75, 3.05) is 39.8 Å². The van der Waals surface area contributed by atoms with Crippen LogP contribution in [0.25, 0.3) is 0 Å². The van der Waals surface area contributed by atoms with E-state index in [4.69, 9.17) is 4.74 Å². The minimum absolute atomic E-state index is 0.0126. The van der Waals surface area contributed by atoms with Crippen molar-refractivity contribution in [3.63, 3.8) is 0 Å². The van der Waals surface area contributed by atoms with Gasteiger partial charge in [-0.05, 0) is 38.1 Å². The number of nitrogens with one attached hydrogen (secondary N) is 1. The van der Waals surface area contributed by atoms with Crippen LogP contribution in [0.15, 0.2) is 29.2 Å². The maximum Gasteiger partial charge on any atom is 0.241 e. The zero-order chi connectivity index (χ0) is 21.0. The number of nitrogens with zero attached hydrogens (tertiary/aromatic N) is 2. The van der Waals surface area contributed by atoms with Crippen LogP contribution in [-0.4, -0.2) is 87.3 Å². The molecule has 8 nitrogen and oxygen atoms in total. The molecule has 0 aromatic heterocycles. The standard InChI is InChI=1S/C19H28FN3O5S/c1-22-7-9-23(10-8-22)19(25)12-15-5-6-17(18(13-24)28-15)21-29(26,27)16-4-2-3-14(20)11-16/h2-4,11,15,17-18,21,24H,5-10,12-13H2,1H3/t15-,17+,18+/m0/s1. The smallest absolute Gasteiger partial charge is 0.241 e. The first kappa shape index (κ1) is 22.1.